The molecule has 6 nitrogen and oxygen atoms in total. The SMILES string of the molecule is CCCCCCCN(Cc1ccc(OCCOC)cc1)C(=O)Nc1ccc(Cl)cc1OCC. The summed E-state index contributed by atoms with van der Waals surface area (Å²) in [5.74, 6) is 1.35. The zero-order chi connectivity index (χ0) is 23.9. The summed E-state index contributed by atoms with van der Waals surface area (Å²) >= 11 is 6.10. The average Bonchev–Trinajstić information content (AvgIpc) is 2.81. The fourth-order valence-electron chi connectivity index (χ4n) is 3.38. The van der Waals surface area contributed by atoms with Crippen LogP contribution in [0.25, 0.3) is 0 Å². The van der Waals surface area contributed by atoms with Crippen molar-refractivity contribution in [3.8, 4) is 11.5 Å². The van der Waals surface area contributed by atoms with Gasteiger partial charge in [0.05, 0.1) is 18.9 Å². The van der Waals surface area contributed by atoms with Crippen LogP contribution in [0.4, 0.5) is 10.5 Å². The summed E-state index contributed by atoms with van der Waals surface area (Å²) in [6, 6.07) is 12.9. The molecule has 2 rings (SSSR count). The van der Waals surface area contributed by atoms with Gasteiger partial charge in [0.1, 0.15) is 18.1 Å². The van der Waals surface area contributed by atoms with Crippen LogP contribution in [0.5, 0.6) is 11.5 Å². The highest BCUT2D eigenvalue weighted by Gasteiger charge is 2.16. The van der Waals surface area contributed by atoms with Crippen LogP contribution in [-0.2, 0) is 11.3 Å². The molecule has 2 aromatic rings. The monoisotopic (exact) mass is 476 g/mol. The minimum atomic E-state index is -0.158. The van der Waals surface area contributed by atoms with E-state index in [1.54, 1.807) is 25.3 Å². The van der Waals surface area contributed by atoms with Crippen LogP contribution in [0.15, 0.2) is 42.5 Å². The van der Waals surface area contributed by atoms with Gasteiger partial charge in [-0.15, -0.1) is 0 Å². The van der Waals surface area contributed by atoms with E-state index in [0.717, 1.165) is 24.2 Å². The first-order valence-electron chi connectivity index (χ1n) is 11.8. The third-order valence-corrected chi connectivity index (χ3v) is 5.39. The van der Waals surface area contributed by atoms with Crippen molar-refractivity contribution in [1.82, 2.24) is 4.90 Å². The maximum atomic E-state index is 13.2. The molecule has 0 spiro atoms. The molecule has 0 fully saturated rings. The zero-order valence-electron chi connectivity index (χ0n) is 20.1. The summed E-state index contributed by atoms with van der Waals surface area (Å²) in [5.41, 5.74) is 1.66. The number of benzene rings is 2. The van der Waals surface area contributed by atoms with Gasteiger partial charge in [-0.25, -0.2) is 4.79 Å². The molecule has 7 heteroatoms. The van der Waals surface area contributed by atoms with Crippen molar-refractivity contribution in [2.24, 2.45) is 0 Å². The van der Waals surface area contributed by atoms with Gasteiger partial charge in [-0.1, -0.05) is 56.3 Å². The molecule has 0 aliphatic rings. The second kappa shape index (κ2) is 15.4. The second-order valence-corrected chi connectivity index (χ2v) is 8.26. The van der Waals surface area contributed by atoms with Crippen molar-refractivity contribution in [3.63, 3.8) is 0 Å². The lowest BCUT2D eigenvalue weighted by atomic mass is 10.1. The highest BCUT2D eigenvalue weighted by atomic mass is 35.5. The number of halogens is 1. The molecular formula is C26H37ClN2O4. The van der Waals surface area contributed by atoms with Crippen molar-refractivity contribution >= 4 is 23.3 Å². The molecule has 0 saturated heterocycles. The number of nitrogens with one attached hydrogen (secondary N) is 1. The van der Waals surface area contributed by atoms with Gasteiger partial charge in [-0.3, -0.25) is 0 Å². The molecule has 2 aromatic carbocycles. The Morgan fingerprint density at radius 1 is 0.970 bits per heavy atom. The predicted octanol–water partition coefficient (Wildman–Crippen LogP) is 6.77. The van der Waals surface area contributed by atoms with Crippen molar-refractivity contribution < 1.29 is 19.0 Å². The Kier molecular flexibility index (Phi) is 12.5. The van der Waals surface area contributed by atoms with Crippen LogP contribution in [0.2, 0.25) is 5.02 Å². The smallest absolute Gasteiger partial charge is 0.322 e. The Balaban J connectivity index is 2.07. The average molecular weight is 477 g/mol. The fourth-order valence-corrected chi connectivity index (χ4v) is 3.54. The number of amides is 2. The van der Waals surface area contributed by atoms with E-state index in [2.05, 4.69) is 12.2 Å². The quantitative estimate of drug-likeness (QED) is 0.288. The third-order valence-electron chi connectivity index (χ3n) is 5.16. The second-order valence-electron chi connectivity index (χ2n) is 7.82. The van der Waals surface area contributed by atoms with E-state index in [4.69, 9.17) is 25.8 Å². The number of methoxy groups -OCH3 is 1. The van der Waals surface area contributed by atoms with E-state index in [0.29, 0.717) is 49.4 Å². The van der Waals surface area contributed by atoms with Gasteiger partial charge in [-0.05, 0) is 43.2 Å². The Bertz CT molecular complexity index is 830. The maximum Gasteiger partial charge on any atom is 0.322 e. The van der Waals surface area contributed by atoms with Crippen molar-refractivity contribution in [2.75, 3.05) is 38.8 Å². The normalized spacial score (nSPS) is 10.7. The van der Waals surface area contributed by atoms with E-state index in [1.165, 1.54) is 19.3 Å². The molecule has 1 N–H and O–H groups in total. The number of rotatable bonds is 15. The van der Waals surface area contributed by atoms with Gasteiger partial charge >= 0.3 is 6.03 Å². The highest BCUT2D eigenvalue weighted by Crippen LogP contribution is 2.28. The highest BCUT2D eigenvalue weighted by molar-refractivity contribution is 6.30. The molecule has 0 saturated carbocycles. The molecule has 0 bridgehead atoms. The predicted molar refractivity (Wildman–Crippen MR) is 135 cm³/mol. The van der Waals surface area contributed by atoms with Crippen molar-refractivity contribution in [3.05, 3.63) is 53.1 Å². The number of hydrogen-bond acceptors (Lipinski definition) is 4. The molecule has 0 aliphatic heterocycles. The molecule has 182 valence electrons. The minimum Gasteiger partial charge on any atom is -0.492 e. The molecule has 0 atom stereocenters. The largest absolute Gasteiger partial charge is 0.492 e. The van der Waals surface area contributed by atoms with E-state index in [1.807, 2.05) is 36.1 Å². The van der Waals surface area contributed by atoms with E-state index < -0.39 is 0 Å². The summed E-state index contributed by atoms with van der Waals surface area (Å²) in [6.45, 7) is 6.83. The molecule has 0 radical (unpaired) electrons. The molecule has 0 aromatic heterocycles. The molecule has 0 heterocycles. The number of anilines is 1. The van der Waals surface area contributed by atoms with Crippen LogP contribution in [0, 0.1) is 0 Å². The number of ether oxygens (including phenoxy) is 3. The number of carbonyl (C=O) groups excluding carboxylic acids is 1. The van der Waals surface area contributed by atoms with Crippen LogP contribution < -0.4 is 14.8 Å². The van der Waals surface area contributed by atoms with Crippen molar-refractivity contribution in [1.29, 1.82) is 0 Å². The summed E-state index contributed by atoms with van der Waals surface area (Å²) in [5, 5.41) is 3.57. The fraction of sp³-hybridized carbons (Fsp3) is 0.500. The maximum absolute atomic E-state index is 13.2. The summed E-state index contributed by atoms with van der Waals surface area (Å²) in [6.07, 6.45) is 5.67. The van der Waals surface area contributed by atoms with Gasteiger partial charge in [0, 0.05) is 31.3 Å². The zero-order valence-corrected chi connectivity index (χ0v) is 20.8. The summed E-state index contributed by atoms with van der Waals surface area (Å²) in [4.78, 5) is 15.1. The minimum absolute atomic E-state index is 0.158. The first-order valence-corrected chi connectivity index (χ1v) is 12.1. The Labute approximate surface area is 203 Å². The molecule has 0 aliphatic carbocycles. The summed E-state index contributed by atoms with van der Waals surface area (Å²) < 4.78 is 16.3. The third kappa shape index (κ3) is 9.93. The first-order chi connectivity index (χ1) is 16.1. The lowest BCUT2D eigenvalue weighted by molar-refractivity contribution is 0.146. The lowest BCUT2D eigenvalue weighted by Crippen LogP contribution is -2.35. The standard InChI is InChI=1S/C26H37ClN2O4/c1-4-6-7-8-9-16-29(20-21-10-13-23(14-11-21)33-18-17-31-3)26(30)28-24-15-12-22(27)19-25(24)32-5-2/h10-15,19H,4-9,16-18,20H2,1-3H3,(H,28,30). The number of unbranched alkanes of at least 4 members (excludes halogenated alkanes) is 4. The van der Waals surface area contributed by atoms with Crippen LogP contribution >= 0.6 is 11.6 Å². The number of urea groups is 1. The topological polar surface area (TPSA) is 60.0 Å². The van der Waals surface area contributed by atoms with Crippen molar-refractivity contribution in [2.45, 2.75) is 52.5 Å². The van der Waals surface area contributed by atoms with E-state index >= 15 is 0 Å². The number of hydrogen-bond donors (Lipinski definition) is 1. The van der Waals surface area contributed by atoms with Gasteiger partial charge in [0.15, 0.2) is 0 Å². The van der Waals surface area contributed by atoms with Crippen LogP contribution in [0.3, 0.4) is 0 Å². The van der Waals surface area contributed by atoms with Crippen LogP contribution in [0.1, 0.15) is 51.5 Å². The molecule has 33 heavy (non-hydrogen) atoms. The van der Waals surface area contributed by atoms with Gasteiger partial charge in [0.25, 0.3) is 0 Å². The van der Waals surface area contributed by atoms with Crippen LogP contribution in [-0.4, -0.2) is 44.4 Å². The number of nitrogens with zero attached hydrogens (tertiary/aromatic N) is 1. The Morgan fingerprint density at radius 3 is 2.42 bits per heavy atom. The summed E-state index contributed by atoms with van der Waals surface area (Å²) in [7, 11) is 1.65. The van der Waals surface area contributed by atoms with E-state index in [9.17, 15) is 4.79 Å². The molecular weight excluding hydrogens is 440 g/mol. The number of carbonyl (C=O) groups is 1. The van der Waals surface area contributed by atoms with Gasteiger partial charge < -0.3 is 24.4 Å². The Hall–Kier alpha value is -2.44. The Morgan fingerprint density at radius 2 is 1.73 bits per heavy atom. The molecule has 0 unspecified atom stereocenters. The van der Waals surface area contributed by atoms with Gasteiger partial charge in [-0.2, -0.15) is 0 Å². The van der Waals surface area contributed by atoms with Gasteiger partial charge in [0.2, 0.25) is 0 Å². The molecule has 2 amide bonds. The first kappa shape index (κ1) is 26.8. The van der Waals surface area contributed by atoms with E-state index in [-0.39, 0.29) is 6.03 Å². The lowest BCUT2D eigenvalue weighted by Gasteiger charge is -2.24.